The standard InChI is InChI=1S/C12H21ClN4/c1-4-10-7-14-5-6-17(10)8-11-12(13)9(2)15-16(11)3/h10,14H,4-8H2,1-3H3. The molecule has 0 aliphatic carbocycles. The zero-order chi connectivity index (χ0) is 12.4. The Hall–Kier alpha value is -0.580. The summed E-state index contributed by atoms with van der Waals surface area (Å²) in [5, 5.41) is 8.63. The zero-order valence-electron chi connectivity index (χ0n) is 10.8. The zero-order valence-corrected chi connectivity index (χ0v) is 11.6. The van der Waals surface area contributed by atoms with Crippen molar-refractivity contribution in [2.75, 3.05) is 19.6 Å². The second kappa shape index (κ2) is 5.38. The van der Waals surface area contributed by atoms with Crippen molar-refractivity contribution in [3.8, 4) is 0 Å². The van der Waals surface area contributed by atoms with Crippen molar-refractivity contribution < 1.29 is 0 Å². The summed E-state index contributed by atoms with van der Waals surface area (Å²) in [6, 6.07) is 0.607. The SMILES string of the molecule is CCC1CNCCN1Cc1c(Cl)c(C)nn1C. The normalized spacial score (nSPS) is 22.0. The highest BCUT2D eigenvalue weighted by atomic mass is 35.5. The summed E-state index contributed by atoms with van der Waals surface area (Å²) < 4.78 is 1.91. The lowest BCUT2D eigenvalue weighted by molar-refractivity contribution is 0.145. The Morgan fingerprint density at radius 3 is 2.88 bits per heavy atom. The molecule has 1 saturated heterocycles. The first kappa shape index (κ1) is 12.9. The summed E-state index contributed by atoms with van der Waals surface area (Å²) in [5.74, 6) is 0. The van der Waals surface area contributed by atoms with Gasteiger partial charge in [-0.05, 0) is 13.3 Å². The fraction of sp³-hybridized carbons (Fsp3) is 0.750. The minimum absolute atomic E-state index is 0.607. The van der Waals surface area contributed by atoms with Gasteiger partial charge in [0.25, 0.3) is 0 Å². The van der Waals surface area contributed by atoms with Crippen LogP contribution in [0.3, 0.4) is 0 Å². The quantitative estimate of drug-likeness (QED) is 0.891. The second-order valence-electron chi connectivity index (χ2n) is 4.71. The lowest BCUT2D eigenvalue weighted by Gasteiger charge is -2.35. The predicted octanol–water partition coefficient (Wildman–Crippen LogP) is 1.57. The molecule has 0 amide bonds. The van der Waals surface area contributed by atoms with Crippen LogP contribution in [0.2, 0.25) is 5.02 Å². The predicted molar refractivity (Wildman–Crippen MR) is 70.3 cm³/mol. The molecule has 5 heteroatoms. The van der Waals surface area contributed by atoms with Crippen LogP contribution in [-0.4, -0.2) is 40.4 Å². The number of aromatic nitrogens is 2. The molecule has 1 aliphatic rings. The Morgan fingerprint density at radius 1 is 1.53 bits per heavy atom. The molecule has 4 nitrogen and oxygen atoms in total. The van der Waals surface area contributed by atoms with Gasteiger partial charge in [0.15, 0.2) is 0 Å². The Morgan fingerprint density at radius 2 is 2.29 bits per heavy atom. The Balaban J connectivity index is 2.13. The van der Waals surface area contributed by atoms with E-state index in [-0.39, 0.29) is 0 Å². The molecule has 17 heavy (non-hydrogen) atoms. The highest BCUT2D eigenvalue weighted by molar-refractivity contribution is 6.31. The van der Waals surface area contributed by atoms with Crippen molar-refractivity contribution >= 4 is 11.6 Å². The maximum atomic E-state index is 6.30. The molecule has 96 valence electrons. The molecule has 0 bridgehead atoms. The molecule has 1 unspecified atom stereocenters. The molecule has 2 rings (SSSR count). The van der Waals surface area contributed by atoms with Crippen LogP contribution in [-0.2, 0) is 13.6 Å². The van der Waals surface area contributed by atoms with Crippen molar-refractivity contribution in [3.05, 3.63) is 16.4 Å². The summed E-state index contributed by atoms with van der Waals surface area (Å²) in [5.41, 5.74) is 2.05. The Labute approximate surface area is 108 Å². The third-order valence-corrected chi connectivity index (χ3v) is 4.05. The molecule has 2 heterocycles. The summed E-state index contributed by atoms with van der Waals surface area (Å²) >= 11 is 6.30. The molecule has 1 fully saturated rings. The number of hydrogen-bond donors (Lipinski definition) is 1. The van der Waals surface area contributed by atoms with E-state index in [1.165, 1.54) is 6.42 Å². The largest absolute Gasteiger partial charge is 0.314 e. The van der Waals surface area contributed by atoms with Crippen molar-refractivity contribution in [2.45, 2.75) is 32.9 Å². The fourth-order valence-electron chi connectivity index (χ4n) is 2.46. The van der Waals surface area contributed by atoms with Crippen molar-refractivity contribution in [2.24, 2.45) is 7.05 Å². The van der Waals surface area contributed by atoms with E-state index in [9.17, 15) is 0 Å². The van der Waals surface area contributed by atoms with Gasteiger partial charge in [-0.15, -0.1) is 0 Å². The maximum absolute atomic E-state index is 6.30. The summed E-state index contributed by atoms with van der Waals surface area (Å²) in [6.07, 6.45) is 1.17. The van der Waals surface area contributed by atoms with Crippen LogP contribution < -0.4 is 5.32 Å². The number of halogens is 1. The van der Waals surface area contributed by atoms with Crippen LogP contribution in [0, 0.1) is 6.92 Å². The molecule has 1 aliphatic heterocycles. The first-order chi connectivity index (χ1) is 8.13. The molecular weight excluding hydrogens is 236 g/mol. The van der Waals surface area contributed by atoms with Gasteiger partial charge in [-0.3, -0.25) is 9.58 Å². The van der Waals surface area contributed by atoms with E-state index < -0.39 is 0 Å². The van der Waals surface area contributed by atoms with Crippen molar-refractivity contribution in [3.63, 3.8) is 0 Å². The number of aryl methyl sites for hydroxylation is 2. The van der Waals surface area contributed by atoms with E-state index in [4.69, 9.17) is 11.6 Å². The van der Waals surface area contributed by atoms with Gasteiger partial charge in [0.1, 0.15) is 0 Å². The Bertz CT molecular complexity index is 388. The topological polar surface area (TPSA) is 33.1 Å². The number of nitrogens with one attached hydrogen (secondary N) is 1. The molecule has 1 N–H and O–H groups in total. The third kappa shape index (κ3) is 2.64. The third-order valence-electron chi connectivity index (χ3n) is 3.56. The van der Waals surface area contributed by atoms with Crippen molar-refractivity contribution in [1.82, 2.24) is 20.0 Å². The highest BCUT2D eigenvalue weighted by Gasteiger charge is 2.23. The molecule has 1 atom stereocenters. The average molecular weight is 257 g/mol. The van der Waals surface area contributed by atoms with Gasteiger partial charge in [-0.1, -0.05) is 18.5 Å². The smallest absolute Gasteiger partial charge is 0.0860 e. The first-order valence-corrected chi connectivity index (χ1v) is 6.64. The average Bonchev–Trinajstić information content (AvgIpc) is 2.57. The summed E-state index contributed by atoms with van der Waals surface area (Å²) in [7, 11) is 1.97. The van der Waals surface area contributed by atoms with E-state index in [2.05, 4.69) is 22.2 Å². The van der Waals surface area contributed by atoms with Crippen LogP contribution in [0.4, 0.5) is 0 Å². The van der Waals surface area contributed by atoms with Crippen LogP contribution >= 0.6 is 11.6 Å². The molecular formula is C12H21ClN4. The van der Waals surface area contributed by atoms with Gasteiger partial charge in [-0.25, -0.2) is 0 Å². The number of rotatable bonds is 3. The fourth-order valence-corrected chi connectivity index (χ4v) is 2.68. The lowest BCUT2D eigenvalue weighted by Crippen LogP contribution is -2.50. The van der Waals surface area contributed by atoms with Gasteiger partial charge in [0.2, 0.25) is 0 Å². The maximum Gasteiger partial charge on any atom is 0.0860 e. The molecule has 1 aromatic rings. The van der Waals surface area contributed by atoms with E-state index in [1.54, 1.807) is 0 Å². The number of piperazine rings is 1. The molecule has 0 radical (unpaired) electrons. The Kier molecular flexibility index (Phi) is 4.07. The van der Waals surface area contributed by atoms with Crippen LogP contribution in [0.1, 0.15) is 24.7 Å². The van der Waals surface area contributed by atoms with Gasteiger partial charge in [-0.2, -0.15) is 5.10 Å². The minimum Gasteiger partial charge on any atom is -0.314 e. The monoisotopic (exact) mass is 256 g/mol. The summed E-state index contributed by atoms with van der Waals surface area (Å²) in [6.45, 7) is 8.31. The van der Waals surface area contributed by atoms with Crippen molar-refractivity contribution in [1.29, 1.82) is 0 Å². The highest BCUT2D eigenvalue weighted by Crippen LogP contribution is 2.22. The van der Waals surface area contributed by atoms with Crippen LogP contribution in [0.15, 0.2) is 0 Å². The number of nitrogens with zero attached hydrogens (tertiary/aromatic N) is 3. The minimum atomic E-state index is 0.607. The van der Waals surface area contributed by atoms with Gasteiger partial charge in [0, 0.05) is 39.3 Å². The molecule has 0 spiro atoms. The van der Waals surface area contributed by atoms with Gasteiger partial charge >= 0.3 is 0 Å². The van der Waals surface area contributed by atoms with E-state index >= 15 is 0 Å². The van der Waals surface area contributed by atoms with E-state index in [0.717, 1.165) is 42.6 Å². The van der Waals surface area contributed by atoms with Crippen LogP contribution in [0.5, 0.6) is 0 Å². The number of hydrogen-bond acceptors (Lipinski definition) is 3. The second-order valence-corrected chi connectivity index (χ2v) is 5.08. The van der Waals surface area contributed by atoms with Gasteiger partial charge in [0.05, 0.1) is 16.4 Å². The van der Waals surface area contributed by atoms with Gasteiger partial charge < -0.3 is 5.32 Å². The van der Waals surface area contributed by atoms with E-state index in [1.807, 2.05) is 18.7 Å². The van der Waals surface area contributed by atoms with Crippen LogP contribution in [0.25, 0.3) is 0 Å². The lowest BCUT2D eigenvalue weighted by atomic mass is 10.1. The molecule has 0 saturated carbocycles. The summed E-state index contributed by atoms with van der Waals surface area (Å²) in [4.78, 5) is 2.50. The molecule has 0 aromatic carbocycles. The van der Waals surface area contributed by atoms with E-state index in [0.29, 0.717) is 6.04 Å². The first-order valence-electron chi connectivity index (χ1n) is 6.26. The molecule has 1 aromatic heterocycles.